The fourth-order valence-electron chi connectivity index (χ4n) is 3.41. The standard InChI is InChI=1S/C20H20ClN3OS/c21-15-6-2-1-5-14(15)17-13-22-11-12-24(17)20(25)10-9-19-23-16-7-3-4-8-18(16)26-19/h1-8,17,22H,9-13H2. The number of rotatable bonds is 4. The van der Waals surface area contributed by atoms with E-state index >= 15 is 0 Å². The van der Waals surface area contributed by atoms with Crippen molar-refractivity contribution < 1.29 is 4.79 Å². The molecule has 0 spiro atoms. The first-order valence-electron chi connectivity index (χ1n) is 8.81. The van der Waals surface area contributed by atoms with Crippen molar-refractivity contribution >= 4 is 39.1 Å². The van der Waals surface area contributed by atoms with Gasteiger partial charge in [-0.25, -0.2) is 4.98 Å². The largest absolute Gasteiger partial charge is 0.333 e. The second-order valence-electron chi connectivity index (χ2n) is 6.40. The Bertz CT molecular complexity index is 893. The number of piperazine rings is 1. The van der Waals surface area contributed by atoms with Crippen molar-refractivity contribution in [2.75, 3.05) is 19.6 Å². The average Bonchev–Trinajstić information content (AvgIpc) is 3.09. The number of para-hydroxylation sites is 1. The number of nitrogens with zero attached hydrogens (tertiary/aromatic N) is 2. The van der Waals surface area contributed by atoms with Gasteiger partial charge in [0.1, 0.15) is 0 Å². The predicted molar refractivity (Wildman–Crippen MR) is 107 cm³/mol. The molecule has 1 amide bonds. The molecule has 4 nitrogen and oxygen atoms in total. The number of carbonyl (C=O) groups is 1. The molecule has 3 aromatic rings. The van der Waals surface area contributed by atoms with E-state index in [4.69, 9.17) is 11.6 Å². The van der Waals surface area contributed by atoms with Gasteiger partial charge in [-0.1, -0.05) is 41.9 Å². The lowest BCUT2D eigenvalue weighted by molar-refractivity contribution is -0.134. The number of thiazole rings is 1. The van der Waals surface area contributed by atoms with Crippen molar-refractivity contribution in [2.24, 2.45) is 0 Å². The van der Waals surface area contributed by atoms with Crippen LogP contribution in [0.15, 0.2) is 48.5 Å². The number of amides is 1. The summed E-state index contributed by atoms with van der Waals surface area (Å²) in [5, 5.41) is 5.10. The molecular weight excluding hydrogens is 366 g/mol. The normalized spacial score (nSPS) is 17.6. The summed E-state index contributed by atoms with van der Waals surface area (Å²) >= 11 is 8.04. The molecule has 1 fully saturated rings. The van der Waals surface area contributed by atoms with Crippen LogP contribution in [0.5, 0.6) is 0 Å². The van der Waals surface area contributed by atoms with E-state index in [2.05, 4.69) is 16.4 Å². The van der Waals surface area contributed by atoms with Gasteiger partial charge in [0, 0.05) is 37.5 Å². The van der Waals surface area contributed by atoms with Crippen LogP contribution in [-0.2, 0) is 11.2 Å². The maximum atomic E-state index is 12.9. The number of aryl methyl sites for hydroxylation is 1. The summed E-state index contributed by atoms with van der Waals surface area (Å²) < 4.78 is 1.17. The highest BCUT2D eigenvalue weighted by molar-refractivity contribution is 7.18. The lowest BCUT2D eigenvalue weighted by Gasteiger charge is -2.37. The zero-order chi connectivity index (χ0) is 17.9. The SMILES string of the molecule is O=C(CCc1nc2ccccc2s1)N1CCNCC1c1ccccc1Cl. The summed E-state index contributed by atoms with van der Waals surface area (Å²) in [4.78, 5) is 19.5. The molecule has 1 aliphatic rings. The number of aromatic nitrogens is 1. The molecule has 2 aromatic carbocycles. The molecule has 4 rings (SSSR count). The monoisotopic (exact) mass is 385 g/mol. The molecule has 2 heterocycles. The Morgan fingerprint density at radius 2 is 2.04 bits per heavy atom. The number of fused-ring (bicyclic) bond motifs is 1. The Hall–Kier alpha value is -1.95. The van der Waals surface area contributed by atoms with E-state index in [-0.39, 0.29) is 11.9 Å². The van der Waals surface area contributed by atoms with Gasteiger partial charge in [0.05, 0.1) is 21.3 Å². The third kappa shape index (κ3) is 3.61. The molecule has 6 heteroatoms. The minimum absolute atomic E-state index is 0.0136. The van der Waals surface area contributed by atoms with Gasteiger partial charge in [-0.05, 0) is 23.8 Å². The van der Waals surface area contributed by atoms with Gasteiger partial charge < -0.3 is 10.2 Å². The van der Waals surface area contributed by atoms with Gasteiger partial charge in [-0.2, -0.15) is 0 Å². The molecule has 1 unspecified atom stereocenters. The number of hydrogen-bond donors (Lipinski definition) is 1. The van der Waals surface area contributed by atoms with Crippen LogP contribution < -0.4 is 5.32 Å². The van der Waals surface area contributed by atoms with Crippen LogP contribution in [0.3, 0.4) is 0 Å². The summed E-state index contributed by atoms with van der Waals surface area (Å²) in [5.74, 6) is 0.163. The Morgan fingerprint density at radius 1 is 1.23 bits per heavy atom. The van der Waals surface area contributed by atoms with Crippen molar-refractivity contribution in [3.63, 3.8) is 0 Å². The van der Waals surface area contributed by atoms with Crippen LogP contribution in [-0.4, -0.2) is 35.4 Å². The zero-order valence-electron chi connectivity index (χ0n) is 14.3. The van der Waals surface area contributed by atoms with E-state index in [0.29, 0.717) is 24.4 Å². The Kier molecular flexibility index (Phi) is 5.20. The fraction of sp³-hybridized carbons (Fsp3) is 0.300. The summed E-state index contributed by atoms with van der Waals surface area (Å²) in [5.41, 5.74) is 2.02. The third-order valence-corrected chi connectivity index (χ3v) is 6.16. The van der Waals surface area contributed by atoms with Crippen molar-refractivity contribution in [2.45, 2.75) is 18.9 Å². The number of nitrogens with one attached hydrogen (secondary N) is 1. The molecule has 0 saturated carbocycles. The summed E-state index contributed by atoms with van der Waals surface area (Å²) in [7, 11) is 0. The fourth-order valence-corrected chi connectivity index (χ4v) is 4.64. The lowest BCUT2D eigenvalue weighted by atomic mass is 10.0. The van der Waals surface area contributed by atoms with E-state index in [0.717, 1.165) is 29.2 Å². The first-order valence-corrected chi connectivity index (χ1v) is 10.0. The molecule has 134 valence electrons. The molecule has 1 saturated heterocycles. The quantitative estimate of drug-likeness (QED) is 0.736. The summed E-state index contributed by atoms with van der Waals surface area (Å²) in [6.45, 7) is 2.25. The van der Waals surface area contributed by atoms with Crippen LogP contribution in [0, 0.1) is 0 Å². The second kappa shape index (κ2) is 7.74. The van der Waals surface area contributed by atoms with E-state index in [1.807, 2.05) is 47.4 Å². The van der Waals surface area contributed by atoms with Crippen molar-refractivity contribution in [3.05, 3.63) is 64.1 Å². The van der Waals surface area contributed by atoms with Crippen molar-refractivity contribution in [1.29, 1.82) is 0 Å². The maximum absolute atomic E-state index is 12.9. The zero-order valence-corrected chi connectivity index (χ0v) is 15.9. The molecule has 0 aliphatic carbocycles. The van der Waals surface area contributed by atoms with Crippen LogP contribution in [0.1, 0.15) is 23.0 Å². The first-order chi connectivity index (χ1) is 12.7. The smallest absolute Gasteiger partial charge is 0.223 e. The number of halogens is 1. The molecule has 1 aromatic heterocycles. The molecule has 1 aliphatic heterocycles. The topological polar surface area (TPSA) is 45.2 Å². The van der Waals surface area contributed by atoms with Gasteiger partial charge in [-0.3, -0.25) is 4.79 Å². The van der Waals surface area contributed by atoms with Crippen LogP contribution in [0.25, 0.3) is 10.2 Å². The third-order valence-electron chi connectivity index (χ3n) is 4.72. The average molecular weight is 386 g/mol. The predicted octanol–water partition coefficient (Wildman–Crippen LogP) is 4.06. The second-order valence-corrected chi connectivity index (χ2v) is 7.93. The van der Waals surface area contributed by atoms with Gasteiger partial charge in [-0.15, -0.1) is 11.3 Å². The minimum Gasteiger partial charge on any atom is -0.333 e. The van der Waals surface area contributed by atoms with Gasteiger partial charge in [0.2, 0.25) is 5.91 Å². The van der Waals surface area contributed by atoms with Crippen molar-refractivity contribution in [1.82, 2.24) is 15.2 Å². The van der Waals surface area contributed by atoms with Gasteiger partial charge in [0.15, 0.2) is 0 Å². The van der Waals surface area contributed by atoms with E-state index in [9.17, 15) is 4.79 Å². The van der Waals surface area contributed by atoms with E-state index in [1.165, 1.54) is 4.70 Å². The van der Waals surface area contributed by atoms with Crippen LogP contribution >= 0.6 is 22.9 Å². The molecular formula is C20H20ClN3OS. The van der Waals surface area contributed by atoms with Crippen LogP contribution in [0.2, 0.25) is 5.02 Å². The number of carbonyl (C=O) groups excluding carboxylic acids is 1. The van der Waals surface area contributed by atoms with E-state index < -0.39 is 0 Å². The van der Waals surface area contributed by atoms with Crippen LogP contribution in [0.4, 0.5) is 0 Å². The number of benzene rings is 2. The Morgan fingerprint density at radius 3 is 2.88 bits per heavy atom. The maximum Gasteiger partial charge on any atom is 0.223 e. The minimum atomic E-state index is -0.0136. The highest BCUT2D eigenvalue weighted by Gasteiger charge is 2.28. The van der Waals surface area contributed by atoms with Gasteiger partial charge >= 0.3 is 0 Å². The Labute approximate surface area is 161 Å². The van der Waals surface area contributed by atoms with E-state index in [1.54, 1.807) is 11.3 Å². The Balaban J connectivity index is 1.47. The lowest BCUT2D eigenvalue weighted by Crippen LogP contribution is -2.48. The molecule has 1 atom stereocenters. The van der Waals surface area contributed by atoms with Gasteiger partial charge in [0.25, 0.3) is 0 Å². The number of hydrogen-bond acceptors (Lipinski definition) is 4. The molecule has 26 heavy (non-hydrogen) atoms. The summed E-state index contributed by atoms with van der Waals surface area (Å²) in [6.07, 6.45) is 1.15. The molecule has 0 bridgehead atoms. The van der Waals surface area contributed by atoms with Crippen molar-refractivity contribution in [3.8, 4) is 0 Å². The summed E-state index contributed by atoms with van der Waals surface area (Å²) in [6, 6.07) is 15.9. The molecule has 1 N–H and O–H groups in total. The highest BCUT2D eigenvalue weighted by atomic mass is 35.5. The first kappa shape index (κ1) is 17.5. The molecule has 0 radical (unpaired) electrons. The highest BCUT2D eigenvalue weighted by Crippen LogP contribution is 2.29.